The first-order chi connectivity index (χ1) is 14.1. The molecule has 2 aromatic carbocycles. The topological polar surface area (TPSA) is 49.2 Å². The first-order valence-electron chi connectivity index (χ1n) is 9.62. The van der Waals surface area contributed by atoms with E-state index in [9.17, 15) is 0 Å². The number of benzene rings is 2. The van der Waals surface area contributed by atoms with Gasteiger partial charge >= 0.3 is 0 Å². The normalized spacial score (nSPS) is 10.9. The molecule has 0 N–H and O–H groups in total. The van der Waals surface area contributed by atoms with Crippen LogP contribution in [0.2, 0.25) is 0 Å². The van der Waals surface area contributed by atoms with Crippen LogP contribution in [0.4, 0.5) is 0 Å². The lowest BCUT2D eigenvalue weighted by molar-refractivity contribution is 0.289. The Bertz CT molecular complexity index is 936. The fourth-order valence-electron chi connectivity index (χ4n) is 2.85. The predicted molar refractivity (Wildman–Crippen MR) is 118 cm³/mol. The molecule has 0 amide bonds. The van der Waals surface area contributed by atoms with Gasteiger partial charge in [-0.2, -0.15) is 0 Å². The zero-order valence-electron chi connectivity index (χ0n) is 17.2. The van der Waals surface area contributed by atoms with Crippen LogP contribution >= 0.6 is 11.8 Å². The molecule has 152 valence electrons. The molecule has 0 atom stereocenters. The quantitative estimate of drug-likeness (QED) is 0.328. The first kappa shape index (κ1) is 21.0. The van der Waals surface area contributed by atoms with Gasteiger partial charge in [-0.3, -0.25) is 4.57 Å². The molecular weight excluding hydrogens is 382 g/mol. The second kappa shape index (κ2) is 10.2. The van der Waals surface area contributed by atoms with Gasteiger partial charge < -0.3 is 9.47 Å². The van der Waals surface area contributed by atoms with Gasteiger partial charge in [-0.15, -0.1) is 16.8 Å². The average Bonchev–Trinajstić information content (AvgIpc) is 3.13. The number of hydrogen-bond acceptors (Lipinski definition) is 5. The van der Waals surface area contributed by atoms with E-state index < -0.39 is 0 Å². The van der Waals surface area contributed by atoms with Gasteiger partial charge in [0.15, 0.2) is 11.0 Å². The van der Waals surface area contributed by atoms with E-state index in [1.807, 2.05) is 41.0 Å². The summed E-state index contributed by atoms with van der Waals surface area (Å²) in [6.07, 6.45) is 1.85. The summed E-state index contributed by atoms with van der Waals surface area (Å²) in [7, 11) is 1.68. The van der Waals surface area contributed by atoms with E-state index in [1.165, 1.54) is 11.1 Å². The van der Waals surface area contributed by atoms with E-state index in [0.717, 1.165) is 28.2 Å². The molecule has 0 bridgehead atoms. The van der Waals surface area contributed by atoms with Crippen molar-refractivity contribution in [2.75, 3.05) is 7.11 Å². The molecule has 6 heteroatoms. The van der Waals surface area contributed by atoms with Gasteiger partial charge in [-0.1, -0.05) is 56.0 Å². The molecule has 0 unspecified atom stereocenters. The third kappa shape index (κ3) is 5.64. The van der Waals surface area contributed by atoms with Crippen molar-refractivity contribution in [3.05, 3.63) is 78.1 Å². The van der Waals surface area contributed by atoms with Crippen LogP contribution in [0.3, 0.4) is 0 Å². The summed E-state index contributed by atoms with van der Waals surface area (Å²) in [6, 6.07) is 16.3. The average molecular weight is 410 g/mol. The third-order valence-corrected chi connectivity index (χ3v) is 5.56. The Morgan fingerprint density at radius 3 is 2.59 bits per heavy atom. The molecule has 1 heterocycles. The Morgan fingerprint density at radius 1 is 1.10 bits per heavy atom. The van der Waals surface area contributed by atoms with E-state index in [-0.39, 0.29) is 0 Å². The SMILES string of the molecule is C=CCn1c(COc2ccc(C(C)C)cc2)nnc1SCc1cccc(OC)c1. The molecule has 1 aromatic heterocycles. The summed E-state index contributed by atoms with van der Waals surface area (Å²) in [5.41, 5.74) is 2.47. The number of methoxy groups -OCH3 is 1. The van der Waals surface area contributed by atoms with E-state index in [1.54, 1.807) is 18.9 Å². The molecule has 29 heavy (non-hydrogen) atoms. The second-order valence-corrected chi connectivity index (χ2v) is 7.89. The van der Waals surface area contributed by atoms with Gasteiger partial charge in [-0.25, -0.2) is 0 Å². The van der Waals surface area contributed by atoms with Crippen molar-refractivity contribution < 1.29 is 9.47 Å². The maximum Gasteiger partial charge on any atom is 0.191 e. The van der Waals surface area contributed by atoms with Crippen LogP contribution in [0.25, 0.3) is 0 Å². The van der Waals surface area contributed by atoms with Crippen molar-refractivity contribution in [1.82, 2.24) is 14.8 Å². The van der Waals surface area contributed by atoms with Crippen LogP contribution in [0, 0.1) is 0 Å². The predicted octanol–water partition coefficient (Wildman–Crippen LogP) is 5.47. The van der Waals surface area contributed by atoms with E-state index in [4.69, 9.17) is 9.47 Å². The van der Waals surface area contributed by atoms with Crippen molar-refractivity contribution in [3.63, 3.8) is 0 Å². The molecule has 0 aliphatic carbocycles. The lowest BCUT2D eigenvalue weighted by Crippen LogP contribution is -2.07. The summed E-state index contributed by atoms with van der Waals surface area (Å²) < 4.78 is 13.3. The molecule has 0 aliphatic rings. The summed E-state index contributed by atoms with van der Waals surface area (Å²) in [5.74, 6) is 3.75. The first-order valence-corrected chi connectivity index (χ1v) is 10.6. The lowest BCUT2D eigenvalue weighted by atomic mass is 10.0. The highest BCUT2D eigenvalue weighted by atomic mass is 32.2. The molecule has 3 rings (SSSR count). The minimum Gasteiger partial charge on any atom is -0.497 e. The minimum absolute atomic E-state index is 0.363. The van der Waals surface area contributed by atoms with E-state index >= 15 is 0 Å². The fraction of sp³-hybridized carbons (Fsp3) is 0.304. The number of aromatic nitrogens is 3. The zero-order chi connectivity index (χ0) is 20.6. The van der Waals surface area contributed by atoms with Crippen molar-refractivity contribution in [3.8, 4) is 11.5 Å². The van der Waals surface area contributed by atoms with Crippen LogP contribution in [-0.4, -0.2) is 21.9 Å². The Labute approximate surface area is 176 Å². The highest BCUT2D eigenvalue weighted by molar-refractivity contribution is 7.98. The lowest BCUT2D eigenvalue weighted by Gasteiger charge is -2.10. The Balaban J connectivity index is 1.66. The summed E-state index contributed by atoms with van der Waals surface area (Å²) in [6.45, 7) is 9.22. The van der Waals surface area contributed by atoms with Crippen LogP contribution in [0.15, 0.2) is 66.3 Å². The van der Waals surface area contributed by atoms with Crippen molar-refractivity contribution in [2.24, 2.45) is 0 Å². The van der Waals surface area contributed by atoms with Crippen LogP contribution in [0.5, 0.6) is 11.5 Å². The van der Waals surface area contributed by atoms with Crippen molar-refractivity contribution >= 4 is 11.8 Å². The highest BCUT2D eigenvalue weighted by Crippen LogP contribution is 2.25. The van der Waals surface area contributed by atoms with Crippen LogP contribution in [-0.2, 0) is 18.9 Å². The highest BCUT2D eigenvalue weighted by Gasteiger charge is 2.13. The summed E-state index contributed by atoms with van der Waals surface area (Å²) >= 11 is 1.64. The van der Waals surface area contributed by atoms with Crippen LogP contribution < -0.4 is 9.47 Å². The molecule has 0 saturated heterocycles. The third-order valence-electron chi connectivity index (χ3n) is 4.52. The molecule has 0 aliphatic heterocycles. The van der Waals surface area contributed by atoms with Gasteiger partial charge in [0.25, 0.3) is 0 Å². The van der Waals surface area contributed by atoms with Crippen LogP contribution in [0.1, 0.15) is 36.7 Å². The summed E-state index contributed by atoms with van der Waals surface area (Å²) in [5, 5.41) is 9.54. The number of hydrogen-bond donors (Lipinski definition) is 0. The number of ether oxygens (including phenoxy) is 2. The van der Waals surface area contributed by atoms with Gasteiger partial charge in [-0.05, 0) is 41.3 Å². The van der Waals surface area contributed by atoms with Gasteiger partial charge in [0.05, 0.1) is 7.11 Å². The fourth-order valence-corrected chi connectivity index (χ4v) is 3.76. The van der Waals surface area contributed by atoms with E-state index in [2.05, 4.69) is 48.8 Å². The molecule has 5 nitrogen and oxygen atoms in total. The maximum atomic E-state index is 5.94. The number of rotatable bonds is 10. The molecule has 0 fully saturated rings. The Hall–Kier alpha value is -2.73. The molecule has 3 aromatic rings. The van der Waals surface area contributed by atoms with Gasteiger partial charge in [0.1, 0.15) is 18.1 Å². The number of allylic oxidation sites excluding steroid dienone is 1. The summed E-state index contributed by atoms with van der Waals surface area (Å²) in [4.78, 5) is 0. The standard InChI is InChI=1S/C23H27N3O2S/c1-5-13-26-22(15-28-20-11-9-19(10-12-20)17(2)3)24-25-23(26)29-16-18-7-6-8-21(14-18)27-4/h5-12,14,17H,1,13,15-16H2,2-4H3. The molecule has 0 saturated carbocycles. The van der Waals surface area contributed by atoms with Gasteiger partial charge in [0, 0.05) is 12.3 Å². The Kier molecular flexibility index (Phi) is 7.36. The molecule has 0 radical (unpaired) electrons. The molecular formula is C23H27N3O2S. The Morgan fingerprint density at radius 2 is 1.90 bits per heavy atom. The second-order valence-electron chi connectivity index (χ2n) is 6.95. The van der Waals surface area contributed by atoms with E-state index in [0.29, 0.717) is 19.1 Å². The number of thioether (sulfide) groups is 1. The minimum atomic E-state index is 0.363. The zero-order valence-corrected chi connectivity index (χ0v) is 18.0. The largest absolute Gasteiger partial charge is 0.497 e. The smallest absolute Gasteiger partial charge is 0.191 e. The monoisotopic (exact) mass is 409 g/mol. The van der Waals surface area contributed by atoms with Crippen molar-refractivity contribution in [1.29, 1.82) is 0 Å². The van der Waals surface area contributed by atoms with Gasteiger partial charge in [0.2, 0.25) is 0 Å². The molecule has 0 spiro atoms. The number of nitrogens with zero attached hydrogens (tertiary/aromatic N) is 3. The van der Waals surface area contributed by atoms with Crippen molar-refractivity contribution in [2.45, 2.75) is 43.8 Å². The maximum absolute atomic E-state index is 5.94.